The number of ether oxygens (including phenoxy) is 2. The van der Waals surface area contributed by atoms with Crippen LogP contribution in [0, 0.1) is 0 Å². The molecule has 50 heavy (non-hydrogen) atoms. The van der Waals surface area contributed by atoms with Gasteiger partial charge >= 0.3 is 11.9 Å². The van der Waals surface area contributed by atoms with E-state index in [1.54, 1.807) is 17.4 Å². The molecule has 0 spiro atoms. The summed E-state index contributed by atoms with van der Waals surface area (Å²) in [6.07, 6.45) is 34.5. The molecule has 0 bridgehead atoms. The summed E-state index contributed by atoms with van der Waals surface area (Å²) in [5.41, 5.74) is 0. The summed E-state index contributed by atoms with van der Waals surface area (Å²) in [6.45, 7) is 8.71. The normalized spacial score (nSPS) is 11.4. The number of nitrogens with zero attached hydrogens (tertiary/aromatic N) is 3. The fourth-order valence-corrected chi connectivity index (χ4v) is 6.75. The van der Waals surface area contributed by atoms with Crippen molar-refractivity contribution in [2.45, 2.75) is 188 Å². The van der Waals surface area contributed by atoms with Crippen molar-refractivity contribution in [1.82, 2.24) is 14.5 Å². The average molecular weight is 720 g/mol. The Kier molecular flexibility index (Phi) is 30.9. The van der Waals surface area contributed by atoms with Gasteiger partial charge in [0.15, 0.2) is 0 Å². The Hall–Kier alpha value is -2.29. The largest absolute Gasteiger partial charge is 0.462 e. The van der Waals surface area contributed by atoms with E-state index in [4.69, 9.17) is 9.47 Å². The van der Waals surface area contributed by atoms with Crippen LogP contribution in [0.15, 0.2) is 30.9 Å². The second-order valence-electron chi connectivity index (χ2n) is 13.7. The maximum Gasteiger partial charge on any atom is 0.306 e. The highest BCUT2D eigenvalue weighted by Gasteiger charge is 2.18. The molecule has 0 N–H and O–H groups in total. The van der Waals surface area contributed by atoms with E-state index in [0.29, 0.717) is 44.7 Å². The Bertz CT molecular complexity index is 955. The highest BCUT2D eigenvalue weighted by Crippen LogP contribution is 2.19. The maximum absolute atomic E-state index is 13.2. The van der Waals surface area contributed by atoms with Gasteiger partial charge < -0.3 is 18.9 Å². The van der Waals surface area contributed by atoms with Crippen LogP contribution in [0.25, 0.3) is 0 Å². The Morgan fingerprint density at radius 3 is 1.90 bits per heavy atom. The van der Waals surface area contributed by atoms with E-state index in [2.05, 4.69) is 31.8 Å². The summed E-state index contributed by atoms with van der Waals surface area (Å²) < 4.78 is 13.4. The quantitative estimate of drug-likeness (QED) is 0.0398. The van der Waals surface area contributed by atoms with Gasteiger partial charge in [-0.05, 0) is 57.8 Å². The zero-order valence-corrected chi connectivity index (χ0v) is 33.1. The molecule has 0 atom stereocenters. The molecular formula is C41H73N3O5S. The van der Waals surface area contributed by atoms with E-state index >= 15 is 0 Å². The van der Waals surface area contributed by atoms with Gasteiger partial charge in [0.05, 0.1) is 6.33 Å². The van der Waals surface area contributed by atoms with Gasteiger partial charge in [0, 0.05) is 50.6 Å². The molecule has 288 valence electrons. The van der Waals surface area contributed by atoms with Crippen molar-refractivity contribution in [3.8, 4) is 0 Å². The van der Waals surface area contributed by atoms with Gasteiger partial charge in [0.25, 0.3) is 5.24 Å². The molecule has 0 saturated heterocycles. The molecule has 1 heterocycles. The van der Waals surface area contributed by atoms with E-state index in [-0.39, 0.29) is 29.7 Å². The predicted octanol–water partition coefficient (Wildman–Crippen LogP) is 11.5. The number of esters is 2. The lowest BCUT2D eigenvalue weighted by Gasteiger charge is -2.22. The first-order chi connectivity index (χ1) is 24.5. The second kappa shape index (κ2) is 33.8. The summed E-state index contributed by atoms with van der Waals surface area (Å²) in [6, 6.07) is 0. The molecule has 1 aromatic heterocycles. The number of amides is 1. The van der Waals surface area contributed by atoms with E-state index in [1.807, 2.05) is 16.8 Å². The number of carbonyl (C=O) groups is 3. The maximum atomic E-state index is 13.2. The monoisotopic (exact) mass is 720 g/mol. The minimum absolute atomic E-state index is 0.00704. The third-order valence-corrected chi connectivity index (χ3v) is 10.0. The van der Waals surface area contributed by atoms with Gasteiger partial charge in [0.2, 0.25) is 0 Å². The number of unbranched alkanes of at least 4 members (excludes halogenated alkanes) is 14. The zero-order valence-electron chi connectivity index (χ0n) is 32.3. The van der Waals surface area contributed by atoms with Crippen LogP contribution in [0.3, 0.4) is 0 Å². The molecule has 9 heteroatoms. The molecular weight excluding hydrogens is 647 g/mol. The number of aromatic nitrogens is 2. The van der Waals surface area contributed by atoms with Crippen molar-refractivity contribution >= 4 is 28.9 Å². The van der Waals surface area contributed by atoms with Crippen LogP contribution in [0.1, 0.15) is 175 Å². The number of carbonyl (C=O) groups excluding carboxylic acids is 3. The summed E-state index contributed by atoms with van der Waals surface area (Å²) in [5, 5.41) is -0.00704. The average Bonchev–Trinajstić information content (AvgIpc) is 3.63. The van der Waals surface area contributed by atoms with Gasteiger partial charge in [-0.3, -0.25) is 14.4 Å². The third kappa shape index (κ3) is 27.4. The molecule has 0 unspecified atom stereocenters. The van der Waals surface area contributed by atoms with E-state index in [9.17, 15) is 14.4 Å². The fourth-order valence-electron chi connectivity index (χ4n) is 5.94. The van der Waals surface area contributed by atoms with Gasteiger partial charge in [-0.15, -0.1) is 0 Å². The van der Waals surface area contributed by atoms with Crippen LogP contribution in [0.2, 0.25) is 0 Å². The van der Waals surface area contributed by atoms with Gasteiger partial charge in [-0.1, -0.05) is 128 Å². The minimum Gasteiger partial charge on any atom is -0.462 e. The van der Waals surface area contributed by atoms with Crippen molar-refractivity contribution in [2.24, 2.45) is 0 Å². The highest BCUT2D eigenvalue weighted by atomic mass is 32.2. The molecule has 0 aromatic carbocycles. The number of allylic oxidation sites excluding steroid dienone is 1. The first-order valence-corrected chi connectivity index (χ1v) is 21.4. The third-order valence-electron chi connectivity index (χ3n) is 9.01. The molecule has 0 aliphatic rings. The molecule has 0 aliphatic carbocycles. The van der Waals surface area contributed by atoms with E-state index in [0.717, 1.165) is 45.1 Å². The van der Waals surface area contributed by atoms with Crippen molar-refractivity contribution in [3.63, 3.8) is 0 Å². The zero-order chi connectivity index (χ0) is 36.3. The molecule has 1 rings (SSSR count). The van der Waals surface area contributed by atoms with Gasteiger partial charge in [-0.25, -0.2) is 4.98 Å². The fraction of sp³-hybridized carbons (Fsp3) is 0.805. The van der Waals surface area contributed by atoms with Crippen LogP contribution in [-0.4, -0.2) is 63.2 Å². The number of thioether (sulfide) groups is 1. The van der Waals surface area contributed by atoms with Crippen molar-refractivity contribution in [3.05, 3.63) is 30.9 Å². The molecule has 8 nitrogen and oxygen atoms in total. The van der Waals surface area contributed by atoms with Crippen LogP contribution >= 0.6 is 11.8 Å². The lowest BCUT2D eigenvalue weighted by atomic mass is 10.0. The first-order valence-electron chi connectivity index (χ1n) is 20.4. The molecule has 0 fully saturated rings. The first kappa shape index (κ1) is 45.7. The van der Waals surface area contributed by atoms with Crippen LogP contribution in [0.5, 0.6) is 0 Å². The van der Waals surface area contributed by atoms with E-state index < -0.39 is 0 Å². The summed E-state index contributed by atoms with van der Waals surface area (Å²) in [5.74, 6) is 0.293. The molecule has 1 amide bonds. The Balaban J connectivity index is 2.55. The Morgan fingerprint density at radius 1 is 0.720 bits per heavy atom. The number of rotatable bonds is 34. The topological polar surface area (TPSA) is 90.7 Å². The smallest absolute Gasteiger partial charge is 0.306 e. The van der Waals surface area contributed by atoms with Crippen molar-refractivity contribution in [1.29, 1.82) is 0 Å². The summed E-state index contributed by atoms with van der Waals surface area (Å²) >= 11 is 1.30. The molecule has 1 aromatic rings. The number of aryl methyl sites for hydroxylation is 1. The van der Waals surface area contributed by atoms with E-state index in [1.165, 1.54) is 102 Å². The minimum atomic E-state index is -0.244. The van der Waals surface area contributed by atoms with Gasteiger partial charge in [0.1, 0.15) is 12.7 Å². The standard InChI is InChI=1S/C41H73N3O5S/c1-4-7-10-13-16-19-22-35-48-39(45)28-23-32-44(41(47)50-36-25-31-43-34-30-42-37-43)33-24-29-40(46)49-38(26-20-17-14-11-8-5-2)27-21-18-15-12-9-6-3/h19,22,30,34,37-38H,4-18,20-21,23-29,31-33,35-36H2,1-3H3/b22-19-. The number of hydrogen-bond acceptors (Lipinski definition) is 7. The summed E-state index contributed by atoms with van der Waals surface area (Å²) in [4.78, 5) is 44.4. The van der Waals surface area contributed by atoms with Gasteiger partial charge in [-0.2, -0.15) is 0 Å². The Labute approximate surface area is 310 Å². The van der Waals surface area contributed by atoms with Crippen molar-refractivity contribution in [2.75, 3.05) is 25.4 Å². The predicted molar refractivity (Wildman–Crippen MR) is 209 cm³/mol. The second-order valence-corrected chi connectivity index (χ2v) is 14.7. The van der Waals surface area contributed by atoms with Crippen LogP contribution < -0.4 is 0 Å². The summed E-state index contributed by atoms with van der Waals surface area (Å²) in [7, 11) is 0. The van der Waals surface area contributed by atoms with Crippen molar-refractivity contribution < 1.29 is 23.9 Å². The molecule has 0 radical (unpaired) electrons. The highest BCUT2D eigenvalue weighted by molar-refractivity contribution is 8.13. The SMILES string of the molecule is CCCCCC/C=C\COC(=O)CCCN(CCCC(=O)OC(CCCCCCCC)CCCCCCCC)C(=O)SCCCn1ccnc1. The molecule has 0 saturated carbocycles. The van der Waals surface area contributed by atoms with Crippen LogP contribution in [-0.2, 0) is 25.6 Å². The number of hydrogen-bond donors (Lipinski definition) is 0. The molecule has 0 aliphatic heterocycles. The lowest BCUT2D eigenvalue weighted by Crippen LogP contribution is -2.31. The Morgan fingerprint density at radius 2 is 1.30 bits per heavy atom. The van der Waals surface area contributed by atoms with Crippen LogP contribution in [0.4, 0.5) is 4.79 Å². The lowest BCUT2D eigenvalue weighted by molar-refractivity contribution is -0.150. The number of imidazole rings is 1.